The lowest BCUT2D eigenvalue weighted by Gasteiger charge is -2.11. The Hall–Kier alpha value is -2.49. The predicted molar refractivity (Wildman–Crippen MR) is 78.4 cm³/mol. The van der Waals surface area contributed by atoms with Crippen LogP contribution in [0.3, 0.4) is 0 Å². The number of carboxylic acids is 1. The minimum Gasteiger partial charge on any atom is -0.478 e. The Labute approximate surface area is 117 Å². The van der Waals surface area contributed by atoms with Crippen LogP contribution in [0.4, 0.5) is 5.69 Å². The SMILES string of the molecule is CC(C)c1cccc(Oc2cc(C(=O)O)ccc2N)c1. The molecule has 0 radical (unpaired) electrons. The van der Waals surface area contributed by atoms with Crippen molar-refractivity contribution in [1.82, 2.24) is 0 Å². The monoisotopic (exact) mass is 271 g/mol. The summed E-state index contributed by atoms with van der Waals surface area (Å²) in [6, 6.07) is 12.1. The molecular weight excluding hydrogens is 254 g/mol. The molecule has 4 nitrogen and oxygen atoms in total. The maximum Gasteiger partial charge on any atom is 0.335 e. The van der Waals surface area contributed by atoms with Gasteiger partial charge in [-0.25, -0.2) is 4.79 Å². The fourth-order valence-electron chi connectivity index (χ4n) is 1.82. The number of nitrogen functional groups attached to an aromatic ring is 1. The Morgan fingerprint density at radius 2 is 1.95 bits per heavy atom. The van der Waals surface area contributed by atoms with Crippen molar-refractivity contribution < 1.29 is 14.6 Å². The molecule has 0 aromatic heterocycles. The van der Waals surface area contributed by atoms with Crippen LogP contribution in [0, 0.1) is 0 Å². The minimum atomic E-state index is -1.01. The van der Waals surface area contributed by atoms with Crippen LogP contribution < -0.4 is 10.5 Å². The minimum absolute atomic E-state index is 0.147. The van der Waals surface area contributed by atoms with Crippen molar-refractivity contribution in [3.05, 3.63) is 53.6 Å². The van der Waals surface area contributed by atoms with E-state index in [2.05, 4.69) is 13.8 Å². The first kappa shape index (κ1) is 13.9. The number of ether oxygens (including phenoxy) is 1. The molecule has 2 aromatic carbocycles. The molecule has 0 fully saturated rings. The van der Waals surface area contributed by atoms with Gasteiger partial charge in [0.15, 0.2) is 5.75 Å². The molecule has 104 valence electrons. The van der Waals surface area contributed by atoms with Crippen molar-refractivity contribution >= 4 is 11.7 Å². The van der Waals surface area contributed by atoms with Gasteiger partial charge in [-0.3, -0.25) is 0 Å². The highest BCUT2D eigenvalue weighted by atomic mass is 16.5. The molecule has 4 heteroatoms. The fraction of sp³-hybridized carbons (Fsp3) is 0.188. The largest absolute Gasteiger partial charge is 0.478 e. The number of anilines is 1. The Bertz CT molecular complexity index is 635. The second kappa shape index (κ2) is 5.65. The molecule has 0 aliphatic rings. The van der Waals surface area contributed by atoms with Gasteiger partial charge in [-0.2, -0.15) is 0 Å². The Morgan fingerprint density at radius 3 is 2.60 bits per heavy atom. The summed E-state index contributed by atoms with van der Waals surface area (Å²) in [4.78, 5) is 11.0. The van der Waals surface area contributed by atoms with Crippen LogP contribution in [0.5, 0.6) is 11.5 Å². The van der Waals surface area contributed by atoms with Crippen molar-refractivity contribution in [3.63, 3.8) is 0 Å². The van der Waals surface area contributed by atoms with Crippen LogP contribution in [0.1, 0.15) is 35.7 Å². The zero-order chi connectivity index (χ0) is 14.7. The molecule has 0 saturated carbocycles. The third kappa shape index (κ3) is 3.09. The first-order chi connectivity index (χ1) is 9.47. The molecule has 0 aliphatic carbocycles. The van der Waals surface area contributed by atoms with Crippen LogP contribution in [-0.2, 0) is 0 Å². The van der Waals surface area contributed by atoms with Gasteiger partial charge in [0.1, 0.15) is 5.75 Å². The lowest BCUT2D eigenvalue weighted by Crippen LogP contribution is -1.99. The van der Waals surface area contributed by atoms with Crippen LogP contribution in [0.15, 0.2) is 42.5 Å². The average Bonchev–Trinajstić information content (AvgIpc) is 2.41. The summed E-state index contributed by atoms with van der Waals surface area (Å²) in [5, 5.41) is 8.99. The number of hydrogen-bond donors (Lipinski definition) is 2. The van der Waals surface area contributed by atoms with E-state index in [0.29, 0.717) is 23.1 Å². The summed E-state index contributed by atoms with van der Waals surface area (Å²) in [7, 11) is 0. The van der Waals surface area contributed by atoms with E-state index >= 15 is 0 Å². The highest BCUT2D eigenvalue weighted by Gasteiger charge is 2.09. The van der Waals surface area contributed by atoms with Gasteiger partial charge in [0.2, 0.25) is 0 Å². The molecule has 20 heavy (non-hydrogen) atoms. The van der Waals surface area contributed by atoms with Gasteiger partial charge in [-0.1, -0.05) is 26.0 Å². The predicted octanol–water partition coefficient (Wildman–Crippen LogP) is 3.88. The molecule has 0 heterocycles. The van der Waals surface area contributed by atoms with Crippen LogP contribution in [-0.4, -0.2) is 11.1 Å². The molecule has 0 spiro atoms. The molecule has 0 atom stereocenters. The first-order valence-electron chi connectivity index (χ1n) is 6.38. The fourth-order valence-corrected chi connectivity index (χ4v) is 1.82. The first-order valence-corrected chi connectivity index (χ1v) is 6.38. The second-order valence-corrected chi connectivity index (χ2v) is 4.89. The van der Waals surface area contributed by atoms with E-state index in [4.69, 9.17) is 15.6 Å². The molecule has 0 aliphatic heterocycles. The van der Waals surface area contributed by atoms with Gasteiger partial charge in [-0.05, 0) is 41.8 Å². The lowest BCUT2D eigenvalue weighted by molar-refractivity contribution is 0.0696. The lowest BCUT2D eigenvalue weighted by atomic mass is 10.0. The summed E-state index contributed by atoms with van der Waals surface area (Å²) in [5.74, 6) is 0.378. The second-order valence-electron chi connectivity index (χ2n) is 4.89. The highest BCUT2D eigenvalue weighted by Crippen LogP contribution is 2.30. The smallest absolute Gasteiger partial charge is 0.335 e. The van der Waals surface area contributed by atoms with E-state index in [-0.39, 0.29) is 5.56 Å². The average molecular weight is 271 g/mol. The number of aromatic carboxylic acids is 1. The zero-order valence-electron chi connectivity index (χ0n) is 11.5. The molecule has 3 N–H and O–H groups in total. The zero-order valence-corrected chi connectivity index (χ0v) is 11.5. The van der Waals surface area contributed by atoms with E-state index in [9.17, 15) is 4.79 Å². The number of carbonyl (C=O) groups is 1. The Balaban J connectivity index is 2.32. The van der Waals surface area contributed by atoms with Gasteiger partial charge in [0.05, 0.1) is 11.3 Å². The molecule has 0 unspecified atom stereocenters. The molecule has 2 rings (SSSR count). The van der Waals surface area contributed by atoms with Gasteiger partial charge in [0.25, 0.3) is 0 Å². The van der Waals surface area contributed by atoms with Crippen molar-refractivity contribution in [1.29, 1.82) is 0 Å². The van der Waals surface area contributed by atoms with Crippen molar-refractivity contribution in [2.45, 2.75) is 19.8 Å². The molecule has 0 bridgehead atoms. The Kier molecular flexibility index (Phi) is 3.94. The maximum absolute atomic E-state index is 11.0. The van der Waals surface area contributed by atoms with Crippen molar-refractivity contribution in [3.8, 4) is 11.5 Å². The number of hydrogen-bond acceptors (Lipinski definition) is 3. The van der Waals surface area contributed by atoms with E-state index in [1.807, 2.05) is 24.3 Å². The summed E-state index contributed by atoms with van der Waals surface area (Å²) in [5.41, 5.74) is 7.52. The van der Waals surface area contributed by atoms with E-state index < -0.39 is 5.97 Å². The highest BCUT2D eigenvalue weighted by molar-refractivity contribution is 5.89. The van der Waals surface area contributed by atoms with E-state index in [1.54, 1.807) is 0 Å². The molecule has 2 aromatic rings. The Morgan fingerprint density at radius 1 is 1.20 bits per heavy atom. The van der Waals surface area contributed by atoms with Gasteiger partial charge in [0, 0.05) is 0 Å². The number of nitrogens with two attached hydrogens (primary N) is 1. The van der Waals surface area contributed by atoms with Gasteiger partial charge >= 0.3 is 5.97 Å². The summed E-state index contributed by atoms with van der Waals surface area (Å²) in [6.07, 6.45) is 0. The van der Waals surface area contributed by atoms with Crippen LogP contribution in [0.2, 0.25) is 0 Å². The van der Waals surface area contributed by atoms with Crippen molar-refractivity contribution in [2.24, 2.45) is 0 Å². The number of carboxylic acid groups (broad SMARTS) is 1. The third-order valence-corrected chi connectivity index (χ3v) is 3.01. The van der Waals surface area contributed by atoms with E-state index in [0.717, 1.165) is 5.56 Å². The third-order valence-electron chi connectivity index (χ3n) is 3.01. The molecule has 0 saturated heterocycles. The van der Waals surface area contributed by atoms with E-state index in [1.165, 1.54) is 18.2 Å². The topological polar surface area (TPSA) is 72.5 Å². The number of rotatable bonds is 4. The molecule has 0 amide bonds. The standard InChI is InChI=1S/C16H17NO3/c1-10(2)11-4-3-5-13(8-11)20-15-9-12(16(18)19)6-7-14(15)17/h3-10H,17H2,1-2H3,(H,18,19). The summed E-state index contributed by atoms with van der Waals surface area (Å²) < 4.78 is 5.70. The quantitative estimate of drug-likeness (QED) is 0.828. The maximum atomic E-state index is 11.0. The van der Waals surface area contributed by atoms with Gasteiger partial charge in [-0.15, -0.1) is 0 Å². The summed E-state index contributed by atoms with van der Waals surface area (Å²) in [6.45, 7) is 4.19. The van der Waals surface area contributed by atoms with Crippen LogP contribution >= 0.6 is 0 Å². The number of benzene rings is 2. The normalized spacial score (nSPS) is 10.6. The van der Waals surface area contributed by atoms with Gasteiger partial charge < -0.3 is 15.6 Å². The van der Waals surface area contributed by atoms with Crippen LogP contribution in [0.25, 0.3) is 0 Å². The molecular formula is C16H17NO3. The van der Waals surface area contributed by atoms with Crippen molar-refractivity contribution in [2.75, 3.05) is 5.73 Å². The summed E-state index contributed by atoms with van der Waals surface area (Å²) >= 11 is 0.